The van der Waals surface area contributed by atoms with E-state index in [1.54, 1.807) is 0 Å². The Morgan fingerprint density at radius 1 is 1.29 bits per heavy atom. The Hall–Kier alpha value is -1.39. The molecule has 0 aliphatic carbocycles. The lowest BCUT2D eigenvalue weighted by molar-refractivity contribution is -0.137. The molecule has 114 valence electrons. The number of aryl methyl sites for hydroxylation is 1. The molecule has 0 saturated carbocycles. The van der Waals surface area contributed by atoms with Crippen LogP contribution in [0.15, 0.2) is 24.3 Å². The van der Waals surface area contributed by atoms with E-state index in [0.29, 0.717) is 6.54 Å². The molecule has 2 heterocycles. The van der Waals surface area contributed by atoms with Crippen molar-refractivity contribution < 1.29 is 9.53 Å². The van der Waals surface area contributed by atoms with Crippen LogP contribution in [-0.4, -0.2) is 35.6 Å². The van der Waals surface area contributed by atoms with Gasteiger partial charge in [0.2, 0.25) is 5.91 Å². The van der Waals surface area contributed by atoms with Gasteiger partial charge in [-0.1, -0.05) is 29.8 Å². The van der Waals surface area contributed by atoms with E-state index in [1.807, 2.05) is 4.90 Å². The minimum Gasteiger partial charge on any atom is -0.375 e. The average molecular weight is 288 g/mol. The first-order valence-electron chi connectivity index (χ1n) is 7.71. The number of carbonyl (C=O) groups excluding carboxylic acids is 1. The Balaban J connectivity index is 1.84. The monoisotopic (exact) mass is 288 g/mol. The van der Waals surface area contributed by atoms with E-state index in [1.165, 1.54) is 5.56 Å². The van der Waals surface area contributed by atoms with Gasteiger partial charge in [-0.2, -0.15) is 0 Å². The van der Waals surface area contributed by atoms with Crippen molar-refractivity contribution in [3.8, 4) is 0 Å². The summed E-state index contributed by atoms with van der Waals surface area (Å²) in [5.74, 6) is 0.197. The second-order valence-electron chi connectivity index (χ2n) is 6.75. The third-order valence-corrected chi connectivity index (χ3v) is 4.47. The van der Waals surface area contributed by atoms with Gasteiger partial charge >= 0.3 is 0 Å². The molecule has 4 nitrogen and oxygen atoms in total. The van der Waals surface area contributed by atoms with Crippen LogP contribution in [0, 0.1) is 6.92 Å². The third-order valence-electron chi connectivity index (χ3n) is 4.47. The third kappa shape index (κ3) is 2.97. The molecule has 1 amide bonds. The Kier molecular flexibility index (Phi) is 3.76. The number of nitrogens with one attached hydrogen (secondary N) is 1. The topological polar surface area (TPSA) is 41.6 Å². The molecule has 0 spiro atoms. The summed E-state index contributed by atoms with van der Waals surface area (Å²) in [6, 6.07) is 8.69. The van der Waals surface area contributed by atoms with Crippen molar-refractivity contribution in [2.24, 2.45) is 0 Å². The van der Waals surface area contributed by atoms with Crippen molar-refractivity contribution in [2.45, 2.75) is 51.4 Å². The lowest BCUT2D eigenvalue weighted by atomic mass is 9.92. The normalized spacial score (nSPS) is 28.9. The molecule has 2 aliphatic heterocycles. The molecule has 0 bridgehead atoms. The van der Waals surface area contributed by atoms with Gasteiger partial charge < -0.3 is 9.64 Å². The second-order valence-corrected chi connectivity index (χ2v) is 6.75. The van der Waals surface area contributed by atoms with Crippen LogP contribution >= 0.6 is 0 Å². The number of carbonyl (C=O) groups is 1. The van der Waals surface area contributed by atoms with Crippen LogP contribution in [0.4, 0.5) is 0 Å². The Labute approximate surface area is 126 Å². The van der Waals surface area contributed by atoms with Gasteiger partial charge in [-0.05, 0) is 39.2 Å². The summed E-state index contributed by atoms with van der Waals surface area (Å²) in [5.41, 5.74) is 2.25. The summed E-state index contributed by atoms with van der Waals surface area (Å²) in [5, 5.41) is 3.35. The maximum Gasteiger partial charge on any atom is 0.238 e. The zero-order valence-electron chi connectivity index (χ0n) is 13.1. The number of amides is 1. The lowest BCUT2D eigenvalue weighted by Gasteiger charge is -2.41. The first-order valence-corrected chi connectivity index (χ1v) is 7.71. The van der Waals surface area contributed by atoms with E-state index in [9.17, 15) is 4.79 Å². The first kappa shape index (κ1) is 14.5. The van der Waals surface area contributed by atoms with Crippen LogP contribution in [-0.2, 0) is 9.53 Å². The summed E-state index contributed by atoms with van der Waals surface area (Å²) < 4.78 is 5.79. The Morgan fingerprint density at radius 3 is 2.67 bits per heavy atom. The molecular formula is C17H24N2O2. The Bertz CT molecular complexity index is 524. The fourth-order valence-corrected chi connectivity index (χ4v) is 3.40. The molecule has 0 aromatic heterocycles. The molecule has 2 atom stereocenters. The number of nitrogens with zero attached hydrogens (tertiary/aromatic N) is 1. The van der Waals surface area contributed by atoms with Gasteiger partial charge in [0.05, 0.1) is 12.1 Å². The van der Waals surface area contributed by atoms with E-state index in [4.69, 9.17) is 4.74 Å². The molecule has 21 heavy (non-hydrogen) atoms. The zero-order chi connectivity index (χ0) is 15.0. The van der Waals surface area contributed by atoms with Crippen molar-refractivity contribution in [1.29, 1.82) is 0 Å². The van der Waals surface area contributed by atoms with Gasteiger partial charge in [-0.3, -0.25) is 10.1 Å². The number of rotatable bonds is 2. The molecule has 1 aromatic carbocycles. The predicted octanol–water partition coefficient (Wildman–Crippen LogP) is 2.38. The van der Waals surface area contributed by atoms with Crippen LogP contribution in [0.25, 0.3) is 0 Å². The van der Waals surface area contributed by atoms with Gasteiger partial charge in [0.25, 0.3) is 0 Å². The molecule has 0 radical (unpaired) electrons. The largest absolute Gasteiger partial charge is 0.375 e. The molecule has 2 fully saturated rings. The van der Waals surface area contributed by atoms with Crippen molar-refractivity contribution in [3.05, 3.63) is 35.4 Å². The molecule has 2 saturated heterocycles. The van der Waals surface area contributed by atoms with Gasteiger partial charge in [0, 0.05) is 12.6 Å². The maximum atomic E-state index is 12.4. The van der Waals surface area contributed by atoms with Gasteiger partial charge in [-0.25, -0.2) is 0 Å². The van der Waals surface area contributed by atoms with Gasteiger partial charge in [0.15, 0.2) is 0 Å². The van der Waals surface area contributed by atoms with Crippen LogP contribution in [0.3, 0.4) is 0 Å². The smallest absolute Gasteiger partial charge is 0.238 e. The van der Waals surface area contributed by atoms with Crippen LogP contribution in [0.2, 0.25) is 0 Å². The van der Waals surface area contributed by atoms with Gasteiger partial charge in [0.1, 0.15) is 6.17 Å². The lowest BCUT2D eigenvalue weighted by Crippen LogP contribution is -2.48. The SMILES string of the molecule is Cc1ccc(C2NCC(=O)N2C2CCOC(C)(C)C2)cc1. The van der Waals surface area contributed by atoms with Gasteiger partial charge in [-0.15, -0.1) is 0 Å². The highest BCUT2D eigenvalue weighted by Crippen LogP contribution is 2.33. The Morgan fingerprint density at radius 2 is 2.00 bits per heavy atom. The second kappa shape index (κ2) is 5.43. The molecular weight excluding hydrogens is 264 g/mol. The molecule has 1 N–H and O–H groups in total. The molecule has 1 aromatic rings. The van der Waals surface area contributed by atoms with Crippen LogP contribution < -0.4 is 5.32 Å². The highest BCUT2D eigenvalue weighted by molar-refractivity contribution is 5.81. The van der Waals surface area contributed by atoms with E-state index >= 15 is 0 Å². The van der Waals surface area contributed by atoms with E-state index in [0.717, 1.165) is 25.0 Å². The minimum atomic E-state index is -0.149. The van der Waals surface area contributed by atoms with Crippen molar-refractivity contribution in [3.63, 3.8) is 0 Å². The maximum absolute atomic E-state index is 12.4. The summed E-state index contributed by atoms with van der Waals surface area (Å²) in [7, 11) is 0. The molecule has 2 aliphatic rings. The van der Waals surface area contributed by atoms with Crippen molar-refractivity contribution >= 4 is 5.91 Å². The van der Waals surface area contributed by atoms with Crippen LogP contribution in [0.1, 0.15) is 44.0 Å². The van der Waals surface area contributed by atoms with E-state index in [2.05, 4.69) is 50.4 Å². The average Bonchev–Trinajstić information content (AvgIpc) is 2.80. The summed E-state index contributed by atoms with van der Waals surface area (Å²) >= 11 is 0. The summed E-state index contributed by atoms with van der Waals surface area (Å²) in [6.07, 6.45) is 1.80. The number of hydrogen-bond donors (Lipinski definition) is 1. The summed E-state index contributed by atoms with van der Waals surface area (Å²) in [4.78, 5) is 14.4. The molecule has 4 heteroatoms. The quantitative estimate of drug-likeness (QED) is 0.908. The zero-order valence-corrected chi connectivity index (χ0v) is 13.1. The first-order chi connectivity index (χ1) is 9.96. The number of hydrogen-bond acceptors (Lipinski definition) is 3. The predicted molar refractivity (Wildman–Crippen MR) is 81.8 cm³/mol. The number of benzene rings is 1. The minimum absolute atomic E-state index is 0.00278. The number of ether oxygens (including phenoxy) is 1. The van der Waals surface area contributed by atoms with Crippen molar-refractivity contribution in [2.75, 3.05) is 13.2 Å². The van der Waals surface area contributed by atoms with Crippen molar-refractivity contribution in [1.82, 2.24) is 10.2 Å². The fraction of sp³-hybridized carbons (Fsp3) is 0.588. The molecule has 2 unspecified atom stereocenters. The molecule has 3 rings (SSSR count). The summed E-state index contributed by atoms with van der Waals surface area (Å²) in [6.45, 7) is 7.44. The van der Waals surface area contributed by atoms with Crippen LogP contribution in [0.5, 0.6) is 0 Å². The highest BCUT2D eigenvalue weighted by Gasteiger charge is 2.41. The van der Waals surface area contributed by atoms with E-state index < -0.39 is 0 Å². The standard InChI is InChI=1S/C17H24N2O2/c1-12-4-6-13(7-5-12)16-18-11-15(20)19(16)14-8-9-21-17(2,3)10-14/h4-7,14,16,18H,8-11H2,1-3H3. The highest BCUT2D eigenvalue weighted by atomic mass is 16.5. The van der Waals surface area contributed by atoms with E-state index in [-0.39, 0.29) is 23.7 Å². The fourth-order valence-electron chi connectivity index (χ4n) is 3.40.